The molecule has 1 aromatic heterocycles. The van der Waals surface area contributed by atoms with Gasteiger partial charge in [0.1, 0.15) is 11.2 Å². The molecule has 0 fully saturated rings. The molecule has 1 nitrogen and oxygen atoms in total. The monoisotopic (exact) mass is 318 g/mol. The van der Waals surface area contributed by atoms with Crippen molar-refractivity contribution in [1.29, 1.82) is 0 Å². The minimum Gasteiger partial charge on any atom is -0.455 e. The van der Waals surface area contributed by atoms with Crippen LogP contribution < -0.4 is 0 Å². The topological polar surface area (TPSA) is 13.1 Å². The molecule has 0 spiro atoms. The molecule has 0 N–H and O–H groups in total. The van der Waals surface area contributed by atoms with Crippen LogP contribution in [0.15, 0.2) is 77.2 Å². The van der Waals surface area contributed by atoms with Crippen LogP contribution in [0.3, 0.4) is 0 Å². The fourth-order valence-corrected chi connectivity index (χ4v) is 4.12. The molecule has 1 aliphatic rings. The van der Waals surface area contributed by atoms with Crippen molar-refractivity contribution < 1.29 is 4.42 Å². The summed E-state index contributed by atoms with van der Waals surface area (Å²) in [5, 5.41) is 4.94. The third-order valence-electron chi connectivity index (χ3n) is 5.24. The fourth-order valence-electron chi connectivity index (χ4n) is 4.12. The average Bonchev–Trinajstić information content (AvgIpc) is 2.96. The number of fused-ring (bicyclic) bond motifs is 6. The normalized spacial score (nSPS) is 12.6. The van der Waals surface area contributed by atoms with Crippen LogP contribution in [0, 0.1) is 0 Å². The fraction of sp³-hybridized carbons (Fsp3) is 0. The molecule has 0 radical (unpaired) electrons. The van der Waals surface area contributed by atoms with Gasteiger partial charge in [-0.3, -0.25) is 0 Å². The Hall–Kier alpha value is -3.32. The SMILES string of the molecule is C1=Cc2cccc3cccc(c23)-c2ccc3c(oc4ccccc43)c21. The van der Waals surface area contributed by atoms with Crippen molar-refractivity contribution in [3.8, 4) is 11.1 Å². The van der Waals surface area contributed by atoms with Gasteiger partial charge in [-0.05, 0) is 45.7 Å². The summed E-state index contributed by atoms with van der Waals surface area (Å²) in [6.45, 7) is 0. The second-order valence-electron chi connectivity index (χ2n) is 6.59. The zero-order valence-electron chi connectivity index (χ0n) is 13.5. The van der Waals surface area contributed by atoms with E-state index < -0.39 is 0 Å². The van der Waals surface area contributed by atoms with Gasteiger partial charge in [-0.25, -0.2) is 0 Å². The third kappa shape index (κ3) is 1.67. The van der Waals surface area contributed by atoms with Gasteiger partial charge in [0.2, 0.25) is 0 Å². The van der Waals surface area contributed by atoms with Crippen molar-refractivity contribution >= 4 is 44.9 Å². The van der Waals surface area contributed by atoms with Crippen LogP contribution in [0.5, 0.6) is 0 Å². The highest BCUT2D eigenvalue weighted by atomic mass is 16.3. The van der Waals surface area contributed by atoms with Gasteiger partial charge in [-0.1, -0.05) is 66.7 Å². The first kappa shape index (κ1) is 13.0. The van der Waals surface area contributed by atoms with Gasteiger partial charge in [0, 0.05) is 16.3 Å². The second kappa shape index (κ2) is 4.61. The molecule has 5 aromatic rings. The Bertz CT molecular complexity index is 1330. The van der Waals surface area contributed by atoms with Crippen LogP contribution in [0.25, 0.3) is 56.0 Å². The lowest BCUT2D eigenvalue weighted by molar-refractivity contribution is 0.668. The Morgan fingerprint density at radius 3 is 2.44 bits per heavy atom. The molecule has 0 bridgehead atoms. The van der Waals surface area contributed by atoms with Crippen molar-refractivity contribution in [3.63, 3.8) is 0 Å². The zero-order valence-corrected chi connectivity index (χ0v) is 13.5. The van der Waals surface area contributed by atoms with Gasteiger partial charge >= 0.3 is 0 Å². The molecule has 0 unspecified atom stereocenters. The summed E-state index contributed by atoms with van der Waals surface area (Å²) >= 11 is 0. The van der Waals surface area contributed by atoms with Crippen molar-refractivity contribution in [2.75, 3.05) is 0 Å². The van der Waals surface area contributed by atoms with Crippen molar-refractivity contribution in [1.82, 2.24) is 0 Å². The van der Waals surface area contributed by atoms with Crippen LogP contribution in [0.2, 0.25) is 0 Å². The van der Waals surface area contributed by atoms with Crippen LogP contribution in [-0.2, 0) is 0 Å². The van der Waals surface area contributed by atoms with E-state index in [1.165, 1.54) is 38.2 Å². The summed E-state index contributed by atoms with van der Waals surface area (Å²) in [7, 11) is 0. The maximum atomic E-state index is 6.25. The highest BCUT2D eigenvalue weighted by molar-refractivity contribution is 6.14. The maximum Gasteiger partial charge on any atom is 0.143 e. The smallest absolute Gasteiger partial charge is 0.143 e. The predicted octanol–water partition coefficient (Wildman–Crippen LogP) is 6.89. The summed E-state index contributed by atoms with van der Waals surface area (Å²) in [6, 6.07) is 25.7. The number of hydrogen-bond donors (Lipinski definition) is 0. The maximum absolute atomic E-state index is 6.25. The quantitative estimate of drug-likeness (QED) is 0.297. The Labute approximate surface area is 144 Å². The van der Waals surface area contributed by atoms with Crippen LogP contribution in [-0.4, -0.2) is 0 Å². The largest absolute Gasteiger partial charge is 0.455 e. The van der Waals surface area contributed by atoms with E-state index in [2.05, 4.69) is 72.8 Å². The lowest BCUT2D eigenvalue weighted by Crippen LogP contribution is -1.85. The molecule has 4 aromatic carbocycles. The highest BCUT2D eigenvalue weighted by Gasteiger charge is 2.18. The number of benzene rings is 4. The summed E-state index contributed by atoms with van der Waals surface area (Å²) < 4.78 is 6.25. The molecule has 0 atom stereocenters. The lowest BCUT2D eigenvalue weighted by atomic mass is 9.93. The molecular weight excluding hydrogens is 304 g/mol. The Morgan fingerprint density at radius 1 is 0.600 bits per heavy atom. The lowest BCUT2D eigenvalue weighted by Gasteiger charge is -2.10. The molecular formula is C24H14O. The molecule has 0 aliphatic heterocycles. The summed E-state index contributed by atoms with van der Waals surface area (Å²) in [6.07, 6.45) is 4.42. The Kier molecular flexibility index (Phi) is 2.40. The van der Waals surface area contributed by atoms with Gasteiger partial charge in [0.15, 0.2) is 0 Å². The van der Waals surface area contributed by atoms with Crippen molar-refractivity contribution in [2.45, 2.75) is 0 Å². The van der Waals surface area contributed by atoms with Gasteiger partial charge < -0.3 is 4.42 Å². The number of furan rings is 1. The zero-order chi connectivity index (χ0) is 16.4. The molecule has 116 valence electrons. The van der Waals surface area contributed by atoms with Crippen molar-refractivity contribution in [2.24, 2.45) is 0 Å². The van der Waals surface area contributed by atoms with E-state index in [-0.39, 0.29) is 0 Å². The van der Waals surface area contributed by atoms with Gasteiger partial charge in [0.25, 0.3) is 0 Å². The summed E-state index contributed by atoms with van der Waals surface area (Å²) in [4.78, 5) is 0. The van der Waals surface area contributed by atoms with Crippen molar-refractivity contribution in [3.05, 3.63) is 83.9 Å². The van der Waals surface area contributed by atoms with E-state index in [0.717, 1.165) is 16.7 Å². The molecule has 0 saturated carbocycles. The Morgan fingerprint density at radius 2 is 1.48 bits per heavy atom. The van der Waals surface area contributed by atoms with Gasteiger partial charge in [-0.2, -0.15) is 0 Å². The highest BCUT2D eigenvalue weighted by Crippen LogP contribution is 2.42. The number of para-hydroxylation sites is 1. The third-order valence-corrected chi connectivity index (χ3v) is 5.24. The summed E-state index contributed by atoms with van der Waals surface area (Å²) in [5.41, 5.74) is 6.85. The van der Waals surface area contributed by atoms with Crippen LogP contribution in [0.4, 0.5) is 0 Å². The molecule has 0 saturated heterocycles. The molecule has 1 aliphatic carbocycles. The van der Waals surface area contributed by atoms with Gasteiger partial charge in [-0.15, -0.1) is 0 Å². The molecule has 1 heteroatoms. The van der Waals surface area contributed by atoms with E-state index in [1.54, 1.807) is 0 Å². The minimum atomic E-state index is 0.944. The number of rotatable bonds is 0. The van der Waals surface area contributed by atoms with Crippen LogP contribution in [0.1, 0.15) is 11.1 Å². The second-order valence-corrected chi connectivity index (χ2v) is 6.59. The number of hydrogen-bond acceptors (Lipinski definition) is 1. The Balaban J connectivity index is 1.82. The molecule has 1 heterocycles. The first-order valence-corrected chi connectivity index (χ1v) is 8.54. The standard InChI is InChI=1S/C24H14O/c1-2-10-22-18(8-1)21-14-13-17-19-9-4-7-15-5-3-6-16(23(15)19)11-12-20(17)24(21)25-22/h1-14H. The van der Waals surface area contributed by atoms with E-state index in [1.807, 2.05) is 12.1 Å². The minimum absolute atomic E-state index is 0.944. The average molecular weight is 318 g/mol. The van der Waals surface area contributed by atoms with E-state index in [4.69, 9.17) is 4.42 Å². The van der Waals surface area contributed by atoms with E-state index >= 15 is 0 Å². The molecule has 0 amide bonds. The van der Waals surface area contributed by atoms with E-state index in [0.29, 0.717) is 0 Å². The van der Waals surface area contributed by atoms with E-state index in [9.17, 15) is 0 Å². The first-order chi connectivity index (χ1) is 12.4. The molecule has 25 heavy (non-hydrogen) atoms. The predicted molar refractivity (Wildman–Crippen MR) is 106 cm³/mol. The first-order valence-electron chi connectivity index (χ1n) is 8.54. The molecule has 6 rings (SSSR count). The van der Waals surface area contributed by atoms with Crippen LogP contribution >= 0.6 is 0 Å². The summed E-state index contributed by atoms with van der Waals surface area (Å²) in [5.74, 6) is 0. The van der Waals surface area contributed by atoms with Gasteiger partial charge in [0.05, 0.1) is 0 Å².